The normalized spacial score (nSPS) is 12.4. The molecule has 137 valence electrons. The van der Waals surface area contributed by atoms with Crippen molar-refractivity contribution in [2.45, 2.75) is 9.79 Å². The number of carbonyl (C=O) groups is 1. The fourth-order valence-corrected chi connectivity index (χ4v) is 3.78. The second-order valence-electron chi connectivity index (χ2n) is 6.03. The molecular weight excluding hydrogens is 368 g/mol. The minimum absolute atomic E-state index is 0.0979. The second kappa shape index (κ2) is 8.10. The van der Waals surface area contributed by atoms with Gasteiger partial charge in [0.05, 0.1) is 22.7 Å². The van der Waals surface area contributed by atoms with E-state index in [1.54, 1.807) is 13.2 Å². The molecule has 0 atom stereocenters. The third kappa shape index (κ3) is 3.82. The summed E-state index contributed by atoms with van der Waals surface area (Å²) in [6.07, 6.45) is 5.60. The van der Waals surface area contributed by atoms with Gasteiger partial charge in [0.1, 0.15) is 0 Å². The van der Waals surface area contributed by atoms with E-state index in [4.69, 9.17) is 0 Å². The van der Waals surface area contributed by atoms with E-state index in [1.165, 1.54) is 11.8 Å². The molecule has 1 aliphatic heterocycles. The zero-order valence-corrected chi connectivity index (χ0v) is 16.0. The Morgan fingerprint density at radius 2 is 1.89 bits per heavy atom. The molecule has 1 amide bonds. The molecule has 0 unspecified atom stereocenters. The van der Waals surface area contributed by atoms with Crippen molar-refractivity contribution in [3.8, 4) is 0 Å². The molecule has 0 bridgehead atoms. The number of hydrogen-bond donors (Lipinski definition) is 1. The highest BCUT2D eigenvalue weighted by molar-refractivity contribution is 7.99. The van der Waals surface area contributed by atoms with Crippen LogP contribution in [0.4, 0.5) is 5.69 Å². The van der Waals surface area contributed by atoms with Crippen LogP contribution in [0.25, 0.3) is 6.08 Å². The predicted molar refractivity (Wildman–Crippen MR) is 112 cm³/mol. The van der Waals surface area contributed by atoms with Crippen molar-refractivity contribution < 1.29 is 4.79 Å². The molecule has 0 saturated carbocycles. The molecule has 0 saturated heterocycles. The summed E-state index contributed by atoms with van der Waals surface area (Å²) < 4.78 is 0. The zero-order valence-electron chi connectivity index (χ0n) is 15.2. The second-order valence-corrected chi connectivity index (χ2v) is 7.14. The predicted octanol–water partition coefficient (Wildman–Crippen LogP) is 4.26. The fraction of sp³-hybridized carbons (Fsp3) is 0.0455. The fourth-order valence-electron chi connectivity index (χ4n) is 2.80. The third-order valence-electron chi connectivity index (χ3n) is 4.20. The number of fused-ring (bicyclic) bond motifs is 1. The number of carbonyl (C=O) groups excluding carboxylic acids is 1. The Morgan fingerprint density at radius 3 is 2.71 bits per heavy atom. The van der Waals surface area contributed by atoms with Gasteiger partial charge in [-0.05, 0) is 54.6 Å². The van der Waals surface area contributed by atoms with Gasteiger partial charge in [-0.3, -0.25) is 9.78 Å². The Kier molecular flexibility index (Phi) is 5.21. The van der Waals surface area contributed by atoms with Crippen LogP contribution in [0, 0.1) is 0 Å². The molecule has 5 nitrogen and oxygen atoms in total. The van der Waals surface area contributed by atoms with E-state index < -0.39 is 0 Å². The molecule has 1 aliphatic rings. The molecule has 1 N–H and O–H groups in total. The van der Waals surface area contributed by atoms with Gasteiger partial charge in [-0.2, -0.15) is 0 Å². The van der Waals surface area contributed by atoms with Crippen LogP contribution in [0.1, 0.15) is 21.6 Å². The van der Waals surface area contributed by atoms with Gasteiger partial charge in [-0.15, -0.1) is 10.5 Å². The van der Waals surface area contributed by atoms with Crippen LogP contribution in [0.5, 0.6) is 0 Å². The number of rotatable bonds is 5. The zero-order chi connectivity index (χ0) is 19.3. The van der Waals surface area contributed by atoms with E-state index in [0.717, 1.165) is 32.4 Å². The average Bonchev–Trinajstić information content (AvgIpc) is 3.15. The van der Waals surface area contributed by atoms with Crippen LogP contribution in [0.3, 0.4) is 0 Å². The molecular formula is C22H17N4OS. The highest BCUT2D eigenvalue weighted by Crippen LogP contribution is 2.34. The molecule has 0 aliphatic carbocycles. The maximum absolute atomic E-state index is 12.1. The summed E-state index contributed by atoms with van der Waals surface area (Å²) in [6.45, 7) is 0. The Morgan fingerprint density at radius 1 is 1.04 bits per heavy atom. The molecule has 0 fully saturated rings. The van der Waals surface area contributed by atoms with Crippen molar-refractivity contribution in [2.24, 2.45) is 5.10 Å². The highest BCUT2D eigenvalue weighted by Gasteiger charge is 2.17. The van der Waals surface area contributed by atoms with E-state index in [0.29, 0.717) is 5.56 Å². The smallest absolute Gasteiger partial charge is 0.252 e. The van der Waals surface area contributed by atoms with Crippen molar-refractivity contribution >= 4 is 35.1 Å². The molecule has 2 aromatic carbocycles. The first-order valence-corrected chi connectivity index (χ1v) is 9.57. The van der Waals surface area contributed by atoms with Gasteiger partial charge in [0, 0.05) is 28.6 Å². The van der Waals surface area contributed by atoms with Crippen molar-refractivity contribution in [1.82, 2.24) is 15.7 Å². The summed E-state index contributed by atoms with van der Waals surface area (Å²) in [5.41, 5.74) is 8.43. The van der Waals surface area contributed by atoms with Gasteiger partial charge in [-0.1, -0.05) is 30.0 Å². The van der Waals surface area contributed by atoms with Gasteiger partial charge in [0.15, 0.2) is 0 Å². The lowest BCUT2D eigenvalue weighted by atomic mass is 10.1. The lowest BCUT2D eigenvalue weighted by Gasteiger charge is -2.08. The topological polar surface area (TPSA) is 68.5 Å². The van der Waals surface area contributed by atoms with Crippen LogP contribution in [0.2, 0.25) is 0 Å². The first-order chi connectivity index (χ1) is 13.7. The number of nitrogens with one attached hydrogen (secondary N) is 1. The standard InChI is InChI=1S/C22H17N4OS/c1-23-22(27)18-7-2-3-8-21(18)28-16-10-11-17-19(25-26-20(17)14-16)12-9-15-6-4-5-13-24-15/h2-14H,1H3,(H,23,27)/b12-9+. The monoisotopic (exact) mass is 385 g/mol. The van der Waals surface area contributed by atoms with Crippen LogP contribution >= 0.6 is 11.8 Å². The summed E-state index contributed by atoms with van der Waals surface area (Å²) in [5.74, 6) is -0.0979. The minimum atomic E-state index is -0.0979. The molecule has 2 heterocycles. The number of pyridine rings is 1. The van der Waals surface area contributed by atoms with E-state index in [2.05, 4.69) is 20.8 Å². The average molecular weight is 385 g/mol. The Bertz CT molecular complexity index is 1080. The van der Waals surface area contributed by atoms with Crippen LogP contribution in [-0.4, -0.2) is 23.7 Å². The summed E-state index contributed by atoms with van der Waals surface area (Å²) in [7, 11) is 1.63. The lowest BCUT2D eigenvalue weighted by Crippen LogP contribution is -2.18. The third-order valence-corrected chi connectivity index (χ3v) is 5.26. The van der Waals surface area contributed by atoms with Crippen LogP contribution in [0.15, 0.2) is 87.8 Å². The molecule has 1 aromatic heterocycles. The highest BCUT2D eigenvalue weighted by atomic mass is 32.2. The van der Waals surface area contributed by atoms with Gasteiger partial charge in [0.25, 0.3) is 5.91 Å². The quantitative estimate of drug-likeness (QED) is 0.713. The SMILES string of the molecule is CNC(=O)c1ccccc1Sc1ccc2c(c1)[N]N=C2/C=C/c1ccccn1. The summed E-state index contributed by atoms with van der Waals surface area (Å²) >= 11 is 1.54. The maximum Gasteiger partial charge on any atom is 0.252 e. The van der Waals surface area contributed by atoms with E-state index in [1.807, 2.05) is 72.8 Å². The Hall–Kier alpha value is -3.38. The summed E-state index contributed by atoms with van der Waals surface area (Å²) in [6, 6.07) is 19.3. The van der Waals surface area contributed by atoms with Gasteiger partial charge >= 0.3 is 0 Å². The van der Waals surface area contributed by atoms with Crippen molar-refractivity contribution in [3.63, 3.8) is 0 Å². The number of nitrogens with zero attached hydrogens (tertiary/aromatic N) is 3. The number of hydrogen-bond acceptors (Lipinski definition) is 4. The van der Waals surface area contributed by atoms with E-state index in [9.17, 15) is 4.79 Å². The maximum atomic E-state index is 12.1. The largest absolute Gasteiger partial charge is 0.355 e. The number of amides is 1. The van der Waals surface area contributed by atoms with E-state index in [-0.39, 0.29) is 5.91 Å². The van der Waals surface area contributed by atoms with Crippen molar-refractivity contribution in [1.29, 1.82) is 0 Å². The molecule has 3 aromatic rings. The molecule has 28 heavy (non-hydrogen) atoms. The number of benzene rings is 2. The Labute approximate surface area is 167 Å². The first-order valence-electron chi connectivity index (χ1n) is 8.76. The first kappa shape index (κ1) is 18.0. The van der Waals surface area contributed by atoms with Crippen molar-refractivity contribution in [2.75, 3.05) is 7.05 Å². The van der Waals surface area contributed by atoms with Gasteiger partial charge in [-0.25, -0.2) is 0 Å². The summed E-state index contributed by atoms with van der Waals surface area (Å²) in [4.78, 5) is 18.3. The van der Waals surface area contributed by atoms with Crippen LogP contribution in [-0.2, 0) is 0 Å². The van der Waals surface area contributed by atoms with Crippen LogP contribution < -0.4 is 10.7 Å². The molecule has 1 radical (unpaired) electrons. The van der Waals surface area contributed by atoms with Gasteiger partial charge in [0.2, 0.25) is 0 Å². The summed E-state index contributed by atoms with van der Waals surface area (Å²) in [5, 5.41) is 6.96. The van der Waals surface area contributed by atoms with Crippen molar-refractivity contribution in [3.05, 3.63) is 89.8 Å². The number of allylic oxidation sites excluding steroid dienone is 1. The lowest BCUT2D eigenvalue weighted by molar-refractivity contribution is 0.0960. The molecule has 4 rings (SSSR count). The number of aromatic nitrogens is 1. The molecule has 0 spiro atoms. The minimum Gasteiger partial charge on any atom is -0.355 e. The van der Waals surface area contributed by atoms with Gasteiger partial charge < -0.3 is 5.32 Å². The Balaban J connectivity index is 1.54. The van der Waals surface area contributed by atoms with E-state index >= 15 is 0 Å². The molecule has 6 heteroatoms.